The fraction of sp³-hybridized carbons (Fsp3) is 0.205. The number of hydrogen-bond acceptors (Lipinski definition) is 4. The van der Waals surface area contributed by atoms with E-state index in [2.05, 4.69) is 134 Å². The minimum absolute atomic E-state index is 0.0774. The van der Waals surface area contributed by atoms with Gasteiger partial charge >= 0.3 is 0 Å². The first kappa shape index (κ1) is 28.8. The molecule has 1 aliphatic heterocycles. The van der Waals surface area contributed by atoms with Gasteiger partial charge in [0.15, 0.2) is 17.5 Å². The fourth-order valence-corrected chi connectivity index (χ4v) is 7.81. The van der Waals surface area contributed by atoms with Crippen LogP contribution in [0, 0.1) is 0 Å². The molecule has 0 radical (unpaired) electrons. The van der Waals surface area contributed by atoms with Crippen molar-refractivity contribution < 1.29 is 4.74 Å². The van der Waals surface area contributed by atoms with Crippen LogP contribution in [0.25, 0.3) is 28.6 Å². The molecule has 1 aromatic heterocycles. The molecule has 0 bridgehead atoms. The molecule has 0 fully saturated rings. The van der Waals surface area contributed by atoms with Crippen LogP contribution in [0.1, 0.15) is 83.4 Å². The molecular formula is C44H37N3O. The lowest BCUT2D eigenvalue weighted by Crippen LogP contribution is -2.18. The van der Waals surface area contributed by atoms with Crippen LogP contribution < -0.4 is 4.74 Å². The van der Waals surface area contributed by atoms with E-state index in [1.165, 1.54) is 33.4 Å². The smallest absolute Gasteiger partial charge is 0.164 e. The van der Waals surface area contributed by atoms with E-state index in [4.69, 9.17) is 19.7 Å². The van der Waals surface area contributed by atoms with Gasteiger partial charge in [-0.2, -0.15) is 0 Å². The summed E-state index contributed by atoms with van der Waals surface area (Å²) in [5.41, 5.74) is 11.2. The van der Waals surface area contributed by atoms with Crippen molar-refractivity contribution in [2.45, 2.75) is 56.5 Å². The van der Waals surface area contributed by atoms with Gasteiger partial charge in [-0.1, -0.05) is 128 Å². The second-order valence-corrected chi connectivity index (χ2v) is 13.3. The average molecular weight is 624 g/mol. The van der Waals surface area contributed by atoms with Gasteiger partial charge in [-0.05, 0) is 66.1 Å². The first-order chi connectivity index (χ1) is 23.7. The Kier molecular flexibility index (Phi) is 7.23. The van der Waals surface area contributed by atoms with Crippen molar-refractivity contribution in [2.24, 2.45) is 0 Å². The van der Waals surface area contributed by atoms with E-state index < -0.39 is 0 Å². The number of allylic oxidation sites excluding steroid dienone is 11. The Morgan fingerprint density at radius 1 is 0.833 bits per heavy atom. The summed E-state index contributed by atoms with van der Waals surface area (Å²) in [5, 5.41) is 0. The molecule has 0 amide bonds. The highest BCUT2D eigenvalue weighted by Gasteiger charge is 2.34. The monoisotopic (exact) mass is 623 g/mol. The molecule has 4 heteroatoms. The largest absolute Gasteiger partial charge is 0.485 e. The maximum Gasteiger partial charge on any atom is 0.164 e. The topological polar surface area (TPSA) is 47.9 Å². The SMILES string of the molecule is CC/C=C/c1ccc2c(c1)CC1=CC(c3nc(C4=CC5Oc6ccccc6C5C=C4)nc(-c4cccc(C5C=CC=CC5)c4)n3)=CCC12. The van der Waals surface area contributed by atoms with Crippen LogP contribution in [0.4, 0.5) is 0 Å². The summed E-state index contributed by atoms with van der Waals surface area (Å²) >= 11 is 0. The van der Waals surface area contributed by atoms with E-state index in [1.807, 2.05) is 6.07 Å². The van der Waals surface area contributed by atoms with Crippen LogP contribution in [-0.2, 0) is 6.42 Å². The van der Waals surface area contributed by atoms with Crippen LogP contribution in [0.2, 0.25) is 0 Å². The van der Waals surface area contributed by atoms with Crippen molar-refractivity contribution in [1.82, 2.24) is 15.0 Å². The van der Waals surface area contributed by atoms with Crippen molar-refractivity contribution in [3.8, 4) is 17.1 Å². The standard InChI is InChI=1S/C44H37N3O/c1-2-3-10-28-17-20-36-34(23-28)26-35-25-32(18-21-37(35)36)43-45-42(31-14-9-13-30(24-31)29-11-5-4-6-12-29)46-44(47-43)33-19-22-39-38-15-7-8-16-40(38)48-41(39)27-33/h3-11,13-20,22-25,27,29,37,39,41H,2,12,21,26H2,1H3/b10-3+. The Hall–Kier alpha value is -5.35. The molecule has 4 atom stereocenters. The summed E-state index contributed by atoms with van der Waals surface area (Å²) in [6, 6.07) is 24.0. The van der Waals surface area contributed by atoms with Crippen molar-refractivity contribution in [1.29, 1.82) is 0 Å². The van der Waals surface area contributed by atoms with Crippen LogP contribution in [0.15, 0.2) is 133 Å². The lowest BCUT2D eigenvalue weighted by molar-refractivity contribution is 0.269. The zero-order valence-electron chi connectivity index (χ0n) is 27.1. The van der Waals surface area contributed by atoms with E-state index in [1.54, 1.807) is 0 Å². The Morgan fingerprint density at radius 2 is 1.73 bits per heavy atom. The summed E-state index contributed by atoms with van der Waals surface area (Å²) in [6.07, 6.45) is 28.4. The van der Waals surface area contributed by atoms with Crippen LogP contribution in [0.3, 0.4) is 0 Å². The van der Waals surface area contributed by atoms with E-state index >= 15 is 0 Å². The number of para-hydroxylation sites is 1. The first-order valence-corrected chi connectivity index (χ1v) is 17.3. The average Bonchev–Trinajstić information content (AvgIpc) is 3.71. The Bertz CT molecular complexity index is 2160. The van der Waals surface area contributed by atoms with Crippen LogP contribution in [0.5, 0.6) is 5.75 Å². The Labute approximate surface area is 282 Å². The molecule has 0 saturated carbocycles. The van der Waals surface area contributed by atoms with Gasteiger partial charge in [-0.25, -0.2) is 15.0 Å². The fourth-order valence-electron chi connectivity index (χ4n) is 7.81. The summed E-state index contributed by atoms with van der Waals surface area (Å²) < 4.78 is 6.38. The molecule has 9 rings (SSSR count). The van der Waals surface area contributed by atoms with Gasteiger partial charge < -0.3 is 4.74 Å². The molecule has 4 unspecified atom stereocenters. The van der Waals surface area contributed by atoms with Crippen molar-refractivity contribution in [2.75, 3.05) is 0 Å². The quantitative estimate of drug-likeness (QED) is 0.214. The second kappa shape index (κ2) is 12.0. The lowest BCUT2D eigenvalue weighted by Gasteiger charge is -2.20. The number of hydrogen-bond donors (Lipinski definition) is 0. The molecule has 0 saturated heterocycles. The lowest BCUT2D eigenvalue weighted by atomic mass is 9.87. The number of aromatic nitrogens is 3. The van der Waals surface area contributed by atoms with E-state index in [0.717, 1.165) is 54.0 Å². The molecule has 0 spiro atoms. The zero-order valence-corrected chi connectivity index (χ0v) is 27.1. The van der Waals surface area contributed by atoms with Crippen molar-refractivity contribution in [3.05, 3.63) is 173 Å². The number of benzene rings is 3. The number of nitrogens with zero attached hydrogens (tertiary/aromatic N) is 3. The molecule has 5 aliphatic rings. The maximum absolute atomic E-state index is 6.38. The maximum atomic E-state index is 6.38. The third-order valence-corrected chi connectivity index (χ3v) is 10.3. The number of fused-ring (bicyclic) bond motifs is 6. The molecule has 3 aromatic carbocycles. The molecule has 2 heterocycles. The minimum Gasteiger partial charge on any atom is -0.485 e. The first-order valence-electron chi connectivity index (χ1n) is 17.3. The normalized spacial score (nSPS) is 23.1. The minimum atomic E-state index is -0.0774. The third kappa shape index (κ3) is 5.22. The molecule has 0 N–H and O–H groups in total. The summed E-state index contributed by atoms with van der Waals surface area (Å²) in [4.78, 5) is 15.4. The molecule has 4 nitrogen and oxygen atoms in total. The van der Waals surface area contributed by atoms with Gasteiger partial charge in [0.25, 0.3) is 0 Å². The summed E-state index contributed by atoms with van der Waals surface area (Å²) in [7, 11) is 0. The van der Waals surface area contributed by atoms with Crippen molar-refractivity contribution >= 4 is 17.2 Å². The van der Waals surface area contributed by atoms with Gasteiger partial charge in [0.2, 0.25) is 0 Å². The second-order valence-electron chi connectivity index (χ2n) is 13.3. The van der Waals surface area contributed by atoms with Gasteiger partial charge in [-0.3, -0.25) is 0 Å². The Morgan fingerprint density at radius 3 is 2.62 bits per heavy atom. The van der Waals surface area contributed by atoms with Crippen molar-refractivity contribution in [3.63, 3.8) is 0 Å². The zero-order chi connectivity index (χ0) is 32.0. The number of ether oxygens (including phenoxy) is 1. The third-order valence-electron chi connectivity index (χ3n) is 10.3. The summed E-state index contributed by atoms with van der Waals surface area (Å²) in [5.74, 6) is 4.02. The highest BCUT2D eigenvalue weighted by molar-refractivity contribution is 5.78. The number of rotatable bonds is 6. The van der Waals surface area contributed by atoms with E-state index in [-0.39, 0.29) is 12.0 Å². The summed E-state index contributed by atoms with van der Waals surface area (Å²) in [6.45, 7) is 2.18. The van der Waals surface area contributed by atoms with E-state index in [9.17, 15) is 0 Å². The molecule has 4 aromatic rings. The molecule has 48 heavy (non-hydrogen) atoms. The van der Waals surface area contributed by atoms with Crippen LogP contribution in [-0.4, -0.2) is 21.1 Å². The molecule has 4 aliphatic carbocycles. The van der Waals surface area contributed by atoms with Gasteiger partial charge in [-0.15, -0.1) is 0 Å². The van der Waals surface area contributed by atoms with Gasteiger partial charge in [0.1, 0.15) is 11.9 Å². The molecule has 234 valence electrons. The molecular weight excluding hydrogens is 587 g/mol. The van der Waals surface area contributed by atoms with Crippen LogP contribution >= 0.6 is 0 Å². The predicted molar refractivity (Wildman–Crippen MR) is 195 cm³/mol. The Balaban J connectivity index is 1.09. The van der Waals surface area contributed by atoms with E-state index in [0.29, 0.717) is 23.5 Å². The highest BCUT2D eigenvalue weighted by Crippen LogP contribution is 2.45. The van der Waals surface area contributed by atoms with Gasteiger partial charge in [0, 0.05) is 40.0 Å². The predicted octanol–water partition coefficient (Wildman–Crippen LogP) is 10.1. The van der Waals surface area contributed by atoms with Gasteiger partial charge in [0.05, 0.1) is 0 Å². The highest BCUT2D eigenvalue weighted by atomic mass is 16.5.